The van der Waals surface area contributed by atoms with Gasteiger partial charge in [0.15, 0.2) is 0 Å². The molecule has 2 saturated carbocycles. The lowest BCUT2D eigenvalue weighted by molar-refractivity contribution is -0.140. The molecule has 1 unspecified atom stereocenters. The minimum atomic E-state index is -0.819. The molecule has 0 aromatic rings. The molecule has 14 heavy (non-hydrogen) atoms. The van der Waals surface area contributed by atoms with Crippen molar-refractivity contribution in [1.29, 1.82) is 0 Å². The summed E-state index contributed by atoms with van der Waals surface area (Å²) in [5.74, 6) is -0.0663. The van der Waals surface area contributed by atoms with Crippen LogP contribution in [-0.4, -0.2) is 17.1 Å². The van der Waals surface area contributed by atoms with Crippen molar-refractivity contribution in [2.75, 3.05) is 0 Å². The van der Waals surface area contributed by atoms with Crippen LogP contribution in [0.15, 0.2) is 0 Å². The molecule has 0 amide bonds. The van der Waals surface area contributed by atoms with E-state index in [0.717, 1.165) is 25.2 Å². The summed E-state index contributed by atoms with van der Waals surface area (Å²) >= 11 is 0. The predicted octanol–water partition coefficient (Wildman–Crippen LogP) is 1.76. The monoisotopic (exact) mass is 197 g/mol. The molecular formula is C11H19NO2. The van der Waals surface area contributed by atoms with Gasteiger partial charge in [-0.2, -0.15) is 0 Å². The largest absolute Gasteiger partial charge is 0.480 e. The van der Waals surface area contributed by atoms with E-state index in [2.05, 4.69) is 0 Å². The summed E-state index contributed by atoms with van der Waals surface area (Å²) in [6.45, 7) is 0. The summed E-state index contributed by atoms with van der Waals surface area (Å²) in [6.07, 6.45) is 8.32. The summed E-state index contributed by atoms with van der Waals surface area (Å²) in [7, 11) is 0. The molecule has 3 nitrogen and oxygen atoms in total. The van der Waals surface area contributed by atoms with Crippen LogP contribution in [0.25, 0.3) is 0 Å². The highest BCUT2D eigenvalue weighted by molar-refractivity contribution is 5.75. The van der Waals surface area contributed by atoms with E-state index < -0.39 is 12.0 Å². The van der Waals surface area contributed by atoms with E-state index in [9.17, 15) is 4.79 Å². The lowest BCUT2D eigenvalue weighted by Crippen LogP contribution is -2.40. The van der Waals surface area contributed by atoms with E-state index in [0.29, 0.717) is 0 Å². The van der Waals surface area contributed by atoms with Gasteiger partial charge in [0.25, 0.3) is 0 Å². The van der Waals surface area contributed by atoms with Crippen LogP contribution in [0.2, 0.25) is 0 Å². The smallest absolute Gasteiger partial charge is 0.321 e. The molecule has 2 fully saturated rings. The summed E-state index contributed by atoms with van der Waals surface area (Å²) in [5, 5.41) is 8.91. The van der Waals surface area contributed by atoms with Gasteiger partial charge in [-0.25, -0.2) is 0 Å². The zero-order valence-corrected chi connectivity index (χ0v) is 8.54. The maximum Gasteiger partial charge on any atom is 0.321 e. The Balaban J connectivity index is 1.92. The van der Waals surface area contributed by atoms with Crippen LogP contribution < -0.4 is 5.73 Å². The van der Waals surface area contributed by atoms with Crippen LogP contribution >= 0.6 is 0 Å². The van der Waals surface area contributed by atoms with E-state index in [4.69, 9.17) is 10.8 Å². The number of nitrogens with two attached hydrogens (primary N) is 1. The highest BCUT2D eigenvalue weighted by Crippen LogP contribution is 2.54. The summed E-state index contributed by atoms with van der Waals surface area (Å²) in [5.41, 5.74) is 5.71. The molecule has 2 rings (SSSR count). The zero-order valence-electron chi connectivity index (χ0n) is 8.54. The maximum absolute atomic E-state index is 10.8. The molecule has 80 valence electrons. The van der Waals surface area contributed by atoms with Crippen molar-refractivity contribution in [1.82, 2.24) is 0 Å². The second kappa shape index (κ2) is 3.54. The first-order valence-corrected chi connectivity index (χ1v) is 5.62. The van der Waals surface area contributed by atoms with Gasteiger partial charge >= 0.3 is 5.97 Å². The molecule has 3 heteroatoms. The Kier molecular flexibility index (Phi) is 2.52. The molecule has 0 aromatic heterocycles. The molecule has 0 saturated heterocycles. The molecule has 0 bridgehead atoms. The molecule has 0 heterocycles. The van der Waals surface area contributed by atoms with E-state index in [1.165, 1.54) is 25.7 Å². The van der Waals surface area contributed by atoms with Gasteiger partial charge in [0, 0.05) is 0 Å². The Hall–Kier alpha value is -0.570. The second-order valence-electron chi connectivity index (χ2n) is 5.03. The fourth-order valence-electron chi connectivity index (χ4n) is 2.85. The summed E-state index contributed by atoms with van der Waals surface area (Å²) in [6, 6.07) is -0.622. The van der Waals surface area contributed by atoms with Crippen LogP contribution in [0.4, 0.5) is 0 Å². The zero-order chi connectivity index (χ0) is 10.2. The van der Waals surface area contributed by atoms with Crippen molar-refractivity contribution in [3.8, 4) is 0 Å². The first kappa shape index (κ1) is 9.97. The van der Waals surface area contributed by atoms with Gasteiger partial charge in [-0.1, -0.05) is 25.7 Å². The normalized spacial score (nSPS) is 27.5. The summed E-state index contributed by atoms with van der Waals surface area (Å²) < 4.78 is 0. The van der Waals surface area contributed by atoms with Crippen molar-refractivity contribution < 1.29 is 9.90 Å². The highest BCUT2D eigenvalue weighted by atomic mass is 16.4. The molecule has 3 N–H and O–H groups in total. The number of hydrogen-bond acceptors (Lipinski definition) is 2. The Labute approximate surface area is 84.7 Å². The number of hydrogen-bond donors (Lipinski definition) is 2. The Morgan fingerprint density at radius 3 is 2.43 bits per heavy atom. The van der Waals surface area contributed by atoms with Crippen molar-refractivity contribution in [3.63, 3.8) is 0 Å². The molecule has 2 aliphatic rings. The Morgan fingerprint density at radius 2 is 2.00 bits per heavy atom. The highest BCUT2D eigenvalue weighted by Gasteiger charge is 2.51. The fourth-order valence-corrected chi connectivity index (χ4v) is 2.85. The van der Waals surface area contributed by atoms with E-state index in [1.54, 1.807) is 0 Å². The van der Waals surface area contributed by atoms with Crippen LogP contribution in [0.5, 0.6) is 0 Å². The predicted molar refractivity (Wildman–Crippen MR) is 53.9 cm³/mol. The van der Waals surface area contributed by atoms with E-state index in [1.807, 2.05) is 0 Å². The second-order valence-corrected chi connectivity index (χ2v) is 5.03. The number of aliphatic carboxylic acids is 1. The number of rotatable bonds is 4. The number of carboxylic acid groups (broad SMARTS) is 1. The molecule has 0 aliphatic heterocycles. The number of carboxylic acids is 1. The average molecular weight is 197 g/mol. The quantitative estimate of drug-likeness (QED) is 0.721. The van der Waals surface area contributed by atoms with Crippen molar-refractivity contribution in [3.05, 3.63) is 0 Å². The van der Waals surface area contributed by atoms with Gasteiger partial charge in [0.1, 0.15) is 6.04 Å². The van der Waals surface area contributed by atoms with E-state index >= 15 is 0 Å². The van der Waals surface area contributed by atoms with Crippen LogP contribution in [0.3, 0.4) is 0 Å². The Bertz CT molecular complexity index is 229. The van der Waals surface area contributed by atoms with Gasteiger partial charge < -0.3 is 10.8 Å². The first-order valence-electron chi connectivity index (χ1n) is 5.62. The minimum Gasteiger partial charge on any atom is -0.480 e. The molecule has 0 spiro atoms. The maximum atomic E-state index is 10.8. The van der Waals surface area contributed by atoms with Gasteiger partial charge in [0.2, 0.25) is 0 Å². The van der Waals surface area contributed by atoms with E-state index in [-0.39, 0.29) is 5.41 Å². The summed E-state index contributed by atoms with van der Waals surface area (Å²) in [4.78, 5) is 10.8. The van der Waals surface area contributed by atoms with Crippen molar-refractivity contribution in [2.45, 2.75) is 51.0 Å². The fraction of sp³-hybridized carbons (Fsp3) is 0.909. The van der Waals surface area contributed by atoms with Crippen LogP contribution in [0, 0.1) is 11.3 Å². The van der Waals surface area contributed by atoms with Gasteiger partial charge in [-0.05, 0) is 30.6 Å². The lowest BCUT2D eigenvalue weighted by Gasteiger charge is -2.22. The van der Waals surface area contributed by atoms with Gasteiger partial charge in [0.05, 0.1) is 0 Å². The molecule has 1 atom stereocenters. The lowest BCUT2D eigenvalue weighted by atomic mass is 9.85. The third-order valence-electron chi connectivity index (χ3n) is 3.99. The first-order chi connectivity index (χ1) is 6.64. The average Bonchev–Trinajstić information content (AvgIpc) is 2.73. The van der Waals surface area contributed by atoms with Crippen molar-refractivity contribution >= 4 is 5.97 Å². The third kappa shape index (κ3) is 1.78. The minimum absolute atomic E-state index is 0.0269. The van der Waals surface area contributed by atoms with Gasteiger partial charge in [-0.3, -0.25) is 4.79 Å². The Morgan fingerprint density at radius 1 is 1.43 bits per heavy atom. The van der Waals surface area contributed by atoms with Gasteiger partial charge in [-0.15, -0.1) is 0 Å². The molecule has 0 aromatic carbocycles. The molecule has 0 radical (unpaired) electrons. The third-order valence-corrected chi connectivity index (χ3v) is 3.99. The topological polar surface area (TPSA) is 63.3 Å². The molecule has 2 aliphatic carbocycles. The number of carbonyl (C=O) groups is 1. The standard InChI is InChI=1S/C11H19NO2/c12-9(10(13)14)11(5-6-11)7-8-3-1-2-4-8/h8-9H,1-7,12H2,(H,13,14). The SMILES string of the molecule is NC(C(=O)O)C1(CC2CCCC2)CC1. The van der Waals surface area contributed by atoms with Crippen molar-refractivity contribution in [2.24, 2.45) is 17.1 Å². The molecular weight excluding hydrogens is 178 g/mol. The van der Waals surface area contributed by atoms with Crippen LogP contribution in [-0.2, 0) is 4.79 Å². The van der Waals surface area contributed by atoms with Crippen LogP contribution in [0.1, 0.15) is 44.9 Å².